The molecular weight excluding hydrogens is 670 g/mol. The van der Waals surface area contributed by atoms with Crippen molar-refractivity contribution in [3.8, 4) is 0 Å². The minimum Gasteiger partial charge on any atom is -0.341 e. The van der Waals surface area contributed by atoms with Gasteiger partial charge in [0.1, 0.15) is 0 Å². The van der Waals surface area contributed by atoms with E-state index in [-0.39, 0.29) is 11.5 Å². The second kappa shape index (κ2) is 24.9. The Morgan fingerprint density at radius 1 is 0.610 bits per heavy atom. The van der Waals surface area contributed by atoms with Gasteiger partial charge in [-0.2, -0.15) is 25.3 Å². The fraction of sp³-hybridized carbons (Fsp3) is 0.571. The van der Waals surface area contributed by atoms with Crippen LogP contribution in [0.5, 0.6) is 0 Å². The third-order valence-corrected chi connectivity index (χ3v) is 4.05. The molecule has 0 bridgehead atoms. The summed E-state index contributed by atoms with van der Waals surface area (Å²) in [6.45, 7) is 3.38. The summed E-state index contributed by atoms with van der Waals surface area (Å²) in [4.78, 5) is 50.7. The van der Waals surface area contributed by atoms with Gasteiger partial charge in [-0.05, 0) is 12.8 Å². The van der Waals surface area contributed by atoms with Crippen LogP contribution in [-0.2, 0) is 53.9 Å². The number of aryl methyl sites for hydroxylation is 2. The smallest absolute Gasteiger partial charge is 0.341 e. The first-order valence-electron chi connectivity index (χ1n) is 9.91. The standard InChI is InChI=1S/2C4H6N2.2C3H8O3S.2H3O4P.H2O4S/c2*1-6-3-2-5-4-6;2*1-2-3-7(4,5)6;3*1-5(2,3)4/h2*2-4H,1H3;2*2-3H2,1H3,(H,4,5,6);2*(H3,1,2,3,4);(H2,1,2,3,4). The highest BCUT2D eigenvalue weighted by Crippen LogP contribution is 2.26. The monoisotopic (exact) mass is 706 g/mol. The van der Waals surface area contributed by atoms with Gasteiger partial charge in [0.2, 0.25) is 0 Å². The molecule has 41 heavy (non-hydrogen) atoms. The van der Waals surface area contributed by atoms with E-state index in [2.05, 4.69) is 9.97 Å². The average molecular weight is 707 g/mol. The van der Waals surface area contributed by atoms with Crippen LogP contribution in [0, 0.1) is 0 Å². The molecule has 27 heteroatoms. The van der Waals surface area contributed by atoms with Gasteiger partial charge in [-0.1, -0.05) is 13.8 Å². The minimum atomic E-state index is -4.67. The lowest BCUT2D eigenvalue weighted by Gasteiger charge is -1.86. The maximum absolute atomic E-state index is 9.79. The van der Waals surface area contributed by atoms with Crippen molar-refractivity contribution >= 4 is 46.3 Å². The normalized spacial score (nSPS) is 10.9. The highest BCUT2D eigenvalue weighted by atomic mass is 32.3. The molecule has 0 aliphatic heterocycles. The lowest BCUT2D eigenvalue weighted by Crippen LogP contribution is -2.01. The SMILES string of the molecule is CCCS(=O)(=O)O.CCCS(=O)(=O)O.Cn1ccnc1.Cn1ccnc1.O=P(O)(O)O.O=P(O)(O)O.O=S(=O)(O)O. The molecule has 0 amide bonds. The second-order valence-corrected chi connectivity index (χ2v) is 12.6. The Hall–Kier alpha value is -1.67. The van der Waals surface area contributed by atoms with Crippen molar-refractivity contribution < 1.29 is 82.0 Å². The number of aromatic nitrogens is 4. The second-order valence-electron chi connectivity index (χ2n) is 6.50. The Kier molecular flexibility index (Phi) is 29.8. The number of imidazole rings is 2. The van der Waals surface area contributed by atoms with Gasteiger partial charge in [0.15, 0.2) is 0 Å². The van der Waals surface area contributed by atoms with Crippen LogP contribution in [0.2, 0.25) is 0 Å². The summed E-state index contributed by atoms with van der Waals surface area (Å²) >= 11 is 0. The fourth-order valence-electron chi connectivity index (χ4n) is 1.17. The summed E-state index contributed by atoms with van der Waals surface area (Å²) in [6, 6.07) is 0. The van der Waals surface area contributed by atoms with Crippen molar-refractivity contribution in [3.63, 3.8) is 0 Å². The van der Waals surface area contributed by atoms with Crippen molar-refractivity contribution in [2.24, 2.45) is 14.1 Å². The molecule has 2 aromatic heterocycles. The number of hydrogen-bond acceptors (Lipinski definition) is 10. The molecule has 0 aliphatic rings. The van der Waals surface area contributed by atoms with Crippen LogP contribution in [0.4, 0.5) is 0 Å². The maximum Gasteiger partial charge on any atom is 0.466 e. The Bertz CT molecular complexity index is 1160. The summed E-state index contributed by atoms with van der Waals surface area (Å²) in [5, 5.41) is 0. The van der Waals surface area contributed by atoms with Gasteiger partial charge in [-0.15, -0.1) is 0 Å². The third kappa shape index (κ3) is 122. The molecule has 2 rings (SSSR count). The van der Waals surface area contributed by atoms with Gasteiger partial charge in [0.05, 0.1) is 24.2 Å². The molecule has 0 fully saturated rings. The van der Waals surface area contributed by atoms with Gasteiger partial charge >= 0.3 is 26.0 Å². The van der Waals surface area contributed by atoms with Crippen LogP contribution >= 0.6 is 15.6 Å². The zero-order chi connectivity index (χ0) is 34.1. The largest absolute Gasteiger partial charge is 0.466 e. The van der Waals surface area contributed by atoms with Crippen molar-refractivity contribution in [3.05, 3.63) is 37.4 Å². The fourth-order valence-corrected chi connectivity index (χ4v) is 2.20. The van der Waals surface area contributed by atoms with E-state index in [1.54, 1.807) is 38.9 Å². The predicted octanol–water partition coefficient (Wildman–Crippen LogP) is -1.10. The van der Waals surface area contributed by atoms with Crippen molar-refractivity contribution in [2.75, 3.05) is 11.5 Å². The van der Waals surface area contributed by atoms with Crippen LogP contribution < -0.4 is 0 Å². The van der Waals surface area contributed by atoms with Crippen molar-refractivity contribution in [1.29, 1.82) is 0 Å². The first-order valence-corrected chi connectivity index (χ1v) is 17.7. The van der Waals surface area contributed by atoms with E-state index in [1.165, 1.54) is 0 Å². The Balaban J connectivity index is -0.000000123. The molecule has 0 radical (unpaired) electrons. The molecule has 2 heterocycles. The lowest BCUT2D eigenvalue weighted by atomic mass is 10.6. The molecule has 0 atom stereocenters. The first kappa shape index (κ1) is 49.0. The summed E-state index contributed by atoms with van der Waals surface area (Å²) in [6.07, 6.45) is 11.7. The van der Waals surface area contributed by atoms with E-state index < -0.39 is 46.3 Å². The molecule has 0 aliphatic carbocycles. The number of hydrogen-bond donors (Lipinski definition) is 10. The van der Waals surface area contributed by atoms with Crippen LogP contribution in [0.3, 0.4) is 0 Å². The Labute approximate surface area is 236 Å². The average Bonchev–Trinajstić information content (AvgIpc) is 3.30. The Morgan fingerprint density at radius 3 is 0.829 bits per heavy atom. The molecule has 22 nitrogen and oxygen atoms in total. The molecule has 0 aromatic carbocycles. The molecule has 0 saturated heterocycles. The van der Waals surface area contributed by atoms with Gasteiger partial charge in [0, 0.05) is 38.9 Å². The van der Waals surface area contributed by atoms with Crippen molar-refractivity contribution in [1.82, 2.24) is 19.1 Å². The van der Waals surface area contributed by atoms with E-state index in [9.17, 15) is 16.8 Å². The zero-order valence-electron chi connectivity index (χ0n) is 21.9. The van der Waals surface area contributed by atoms with Gasteiger partial charge in [-0.3, -0.25) is 18.2 Å². The maximum atomic E-state index is 9.79. The molecule has 2 aromatic rings. The van der Waals surface area contributed by atoms with E-state index >= 15 is 0 Å². The number of rotatable bonds is 4. The van der Waals surface area contributed by atoms with Gasteiger partial charge < -0.3 is 38.5 Å². The quantitative estimate of drug-likeness (QED) is 0.133. The Morgan fingerprint density at radius 2 is 0.805 bits per heavy atom. The third-order valence-electron chi connectivity index (χ3n) is 2.20. The van der Waals surface area contributed by atoms with E-state index in [1.807, 2.05) is 35.6 Å². The zero-order valence-corrected chi connectivity index (χ0v) is 26.2. The molecule has 248 valence electrons. The number of nitrogens with zero attached hydrogens (tertiary/aromatic N) is 4. The van der Waals surface area contributed by atoms with Crippen LogP contribution in [0.25, 0.3) is 0 Å². The molecule has 10 N–H and O–H groups in total. The van der Waals surface area contributed by atoms with E-state index in [4.69, 9.17) is 65.1 Å². The highest BCUT2D eigenvalue weighted by molar-refractivity contribution is 7.86. The topological polar surface area (TPSA) is 374 Å². The summed E-state index contributed by atoms with van der Waals surface area (Å²) in [5.41, 5.74) is 0. The van der Waals surface area contributed by atoms with Crippen molar-refractivity contribution in [2.45, 2.75) is 26.7 Å². The minimum absolute atomic E-state index is 0.132. The molecule has 0 unspecified atom stereocenters. The van der Waals surface area contributed by atoms with Crippen LogP contribution in [0.15, 0.2) is 37.4 Å². The van der Waals surface area contributed by atoms with Gasteiger partial charge in [0.25, 0.3) is 20.2 Å². The highest BCUT2D eigenvalue weighted by Gasteiger charge is 2.01. The molecular formula is C14H36N4O18P2S3. The molecule has 0 saturated carbocycles. The van der Waals surface area contributed by atoms with Crippen LogP contribution in [-0.4, -0.2) is 103 Å². The van der Waals surface area contributed by atoms with E-state index in [0.717, 1.165) is 0 Å². The number of phosphoric acid groups is 2. The summed E-state index contributed by atoms with van der Waals surface area (Å²) in [7, 11) is -17.4. The van der Waals surface area contributed by atoms with Gasteiger partial charge in [-0.25, -0.2) is 19.1 Å². The van der Waals surface area contributed by atoms with E-state index in [0.29, 0.717) is 12.8 Å². The predicted molar refractivity (Wildman–Crippen MR) is 143 cm³/mol. The lowest BCUT2D eigenvalue weighted by molar-refractivity contribution is 0.272. The summed E-state index contributed by atoms with van der Waals surface area (Å²) < 4.78 is 108. The van der Waals surface area contributed by atoms with Crippen LogP contribution in [0.1, 0.15) is 26.7 Å². The first-order chi connectivity index (χ1) is 17.9. The summed E-state index contributed by atoms with van der Waals surface area (Å²) in [5.74, 6) is -0.264. The molecule has 0 spiro atoms.